The number of benzene rings is 1. The Morgan fingerprint density at radius 2 is 2.12 bits per heavy atom. The fraction of sp³-hybridized carbons (Fsp3) is 0.286. The van der Waals surface area contributed by atoms with Gasteiger partial charge in [0.25, 0.3) is 0 Å². The summed E-state index contributed by atoms with van der Waals surface area (Å²) >= 11 is 0. The largest absolute Gasteiger partial charge is 0.330 e. The maximum absolute atomic E-state index is 12.1. The molecule has 0 aliphatic heterocycles. The zero-order valence-corrected chi connectivity index (χ0v) is 9.73. The van der Waals surface area contributed by atoms with Crippen molar-refractivity contribution in [1.29, 1.82) is 0 Å². The van der Waals surface area contributed by atoms with E-state index in [9.17, 15) is 4.79 Å². The Morgan fingerprint density at radius 1 is 1.24 bits per heavy atom. The lowest BCUT2D eigenvalue weighted by Crippen LogP contribution is -2.03. The van der Waals surface area contributed by atoms with Gasteiger partial charge in [0.1, 0.15) is 0 Å². The minimum Gasteiger partial charge on any atom is -0.330 e. The van der Waals surface area contributed by atoms with Crippen LogP contribution < -0.4 is 5.73 Å². The number of carbonyl (C=O) groups is 1. The third-order valence-electron chi connectivity index (χ3n) is 2.84. The van der Waals surface area contributed by atoms with E-state index in [1.165, 1.54) is 0 Å². The van der Waals surface area contributed by atoms with Crippen LogP contribution in [0.1, 0.15) is 29.6 Å². The molecule has 2 rings (SSSR count). The van der Waals surface area contributed by atoms with Gasteiger partial charge < -0.3 is 5.73 Å². The summed E-state index contributed by atoms with van der Waals surface area (Å²) in [6, 6.07) is 7.70. The van der Waals surface area contributed by atoms with Gasteiger partial charge in [-0.2, -0.15) is 0 Å². The molecular weight excluding hydrogens is 212 g/mol. The van der Waals surface area contributed by atoms with Crippen molar-refractivity contribution in [2.75, 3.05) is 6.54 Å². The van der Waals surface area contributed by atoms with Crippen molar-refractivity contribution in [3.05, 3.63) is 42.2 Å². The summed E-state index contributed by atoms with van der Waals surface area (Å²) in [5.74, 6) is 0.178. The van der Waals surface area contributed by atoms with E-state index >= 15 is 0 Å². The Bertz CT molecular complexity index is 517. The highest BCUT2D eigenvalue weighted by atomic mass is 16.1. The Balaban J connectivity index is 2.26. The van der Waals surface area contributed by atoms with Crippen LogP contribution in [0.2, 0.25) is 0 Å². The molecule has 3 heteroatoms. The van der Waals surface area contributed by atoms with Gasteiger partial charge in [-0.25, -0.2) is 0 Å². The molecule has 0 aliphatic carbocycles. The first-order chi connectivity index (χ1) is 8.33. The van der Waals surface area contributed by atoms with Crippen LogP contribution in [0.4, 0.5) is 0 Å². The third-order valence-corrected chi connectivity index (χ3v) is 2.84. The molecule has 88 valence electrons. The Kier molecular flexibility index (Phi) is 3.83. The normalized spacial score (nSPS) is 10.6. The van der Waals surface area contributed by atoms with E-state index < -0.39 is 0 Å². The van der Waals surface area contributed by atoms with Crippen molar-refractivity contribution in [1.82, 2.24) is 4.98 Å². The van der Waals surface area contributed by atoms with Gasteiger partial charge >= 0.3 is 0 Å². The van der Waals surface area contributed by atoms with Crippen LogP contribution in [0.15, 0.2) is 36.7 Å². The van der Waals surface area contributed by atoms with Crippen molar-refractivity contribution in [2.45, 2.75) is 19.3 Å². The lowest BCUT2D eigenvalue weighted by Gasteiger charge is -2.04. The Labute approximate surface area is 101 Å². The maximum Gasteiger partial charge on any atom is 0.163 e. The summed E-state index contributed by atoms with van der Waals surface area (Å²) in [6.45, 7) is 0.643. The minimum absolute atomic E-state index is 0.178. The van der Waals surface area contributed by atoms with Gasteiger partial charge in [0, 0.05) is 29.8 Å². The van der Waals surface area contributed by atoms with E-state index in [4.69, 9.17) is 5.73 Å². The van der Waals surface area contributed by atoms with Crippen LogP contribution in [0, 0.1) is 0 Å². The van der Waals surface area contributed by atoms with Crippen LogP contribution in [-0.2, 0) is 0 Å². The Morgan fingerprint density at radius 3 is 2.94 bits per heavy atom. The zero-order valence-electron chi connectivity index (χ0n) is 9.73. The maximum atomic E-state index is 12.1. The van der Waals surface area contributed by atoms with Gasteiger partial charge in [0.15, 0.2) is 5.78 Å². The number of hydrogen-bond acceptors (Lipinski definition) is 3. The lowest BCUT2D eigenvalue weighted by atomic mass is 10.00. The molecule has 17 heavy (non-hydrogen) atoms. The number of nitrogens with zero attached hydrogens (tertiary/aromatic N) is 1. The first-order valence-electron chi connectivity index (χ1n) is 5.89. The molecule has 0 fully saturated rings. The molecule has 0 saturated carbocycles. The van der Waals surface area contributed by atoms with Crippen LogP contribution in [0.5, 0.6) is 0 Å². The number of Topliss-reactive ketones (excluding diaryl/α,β-unsaturated/α-hetero) is 1. The second kappa shape index (κ2) is 5.55. The van der Waals surface area contributed by atoms with Crippen molar-refractivity contribution in [2.24, 2.45) is 5.73 Å². The number of pyridine rings is 1. The van der Waals surface area contributed by atoms with Crippen LogP contribution >= 0.6 is 0 Å². The molecule has 0 atom stereocenters. The molecule has 1 heterocycles. The summed E-state index contributed by atoms with van der Waals surface area (Å²) in [4.78, 5) is 16.1. The van der Waals surface area contributed by atoms with Crippen LogP contribution in [0.25, 0.3) is 10.8 Å². The summed E-state index contributed by atoms with van der Waals surface area (Å²) in [5.41, 5.74) is 6.19. The van der Waals surface area contributed by atoms with E-state index in [1.807, 2.05) is 24.3 Å². The average molecular weight is 228 g/mol. The van der Waals surface area contributed by atoms with Crippen molar-refractivity contribution in [3.8, 4) is 0 Å². The molecule has 0 saturated heterocycles. The molecule has 1 aromatic carbocycles. The second-order valence-corrected chi connectivity index (χ2v) is 4.07. The topological polar surface area (TPSA) is 56.0 Å². The Hall–Kier alpha value is -1.74. The fourth-order valence-corrected chi connectivity index (χ4v) is 1.92. The third kappa shape index (κ3) is 2.68. The predicted octanol–water partition coefficient (Wildman–Crippen LogP) is 2.55. The number of hydrogen-bond donors (Lipinski definition) is 1. The molecule has 0 unspecified atom stereocenters. The van der Waals surface area contributed by atoms with Gasteiger partial charge in [-0.15, -0.1) is 0 Å². The van der Waals surface area contributed by atoms with Crippen molar-refractivity contribution < 1.29 is 4.79 Å². The first kappa shape index (κ1) is 11.7. The van der Waals surface area contributed by atoms with Gasteiger partial charge in [-0.3, -0.25) is 9.78 Å². The van der Waals surface area contributed by atoms with Crippen molar-refractivity contribution >= 4 is 16.6 Å². The van der Waals surface area contributed by atoms with E-state index in [0.717, 1.165) is 29.2 Å². The number of aromatic nitrogens is 1. The number of carbonyl (C=O) groups excluding carboxylic acids is 1. The molecular formula is C14H16N2O. The van der Waals surface area contributed by atoms with Gasteiger partial charge in [0.2, 0.25) is 0 Å². The molecule has 2 N–H and O–H groups in total. The fourth-order valence-electron chi connectivity index (χ4n) is 1.92. The smallest absolute Gasteiger partial charge is 0.163 e. The van der Waals surface area contributed by atoms with Crippen LogP contribution in [0.3, 0.4) is 0 Å². The van der Waals surface area contributed by atoms with E-state index in [1.54, 1.807) is 12.4 Å². The molecule has 0 bridgehead atoms. The number of nitrogens with two attached hydrogens (primary N) is 1. The molecule has 0 spiro atoms. The second-order valence-electron chi connectivity index (χ2n) is 4.07. The minimum atomic E-state index is 0.178. The number of unbranched alkanes of at least 4 members (excludes halogenated alkanes) is 1. The predicted molar refractivity (Wildman–Crippen MR) is 69.0 cm³/mol. The van der Waals surface area contributed by atoms with Gasteiger partial charge in [-0.05, 0) is 30.8 Å². The number of rotatable bonds is 5. The average Bonchev–Trinajstić information content (AvgIpc) is 2.38. The van der Waals surface area contributed by atoms with E-state index in [-0.39, 0.29) is 5.78 Å². The number of ketones is 1. The monoisotopic (exact) mass is 228 g/mol. The summed E-state index contributed by atoms with van der Waals surface area (Å²) in [6.07, 6.45) is 5.81. The summed E-state index contributed by atoms with van der Waals surface area (Å²) in [5, 5.41) is 2.00. The van der Waals surface area contributed by atoms with Gasteiger partial charge in [0.05, 0.1) is 0 Å². The lowest BCUT2D eigenvalue weighted by molar-refractivity contribution is 0.0981. The summed E-state index contributed by atoms with van der Waals surface area (Å²) in [7, 11) is 0. The highest BCUT2D eigenvalue weighted by Gasteiger charge is 2.09. The van der Waals surface area contributed by atoms with Crippen molar-refractivity contribution in [3.63, 3.8) is 0 Å². The van der Waals surface area contributed by atoms with Crippen LogP contribution in [-0.4, -0.2) is 17.3 Å². The molecule has 3 nitrogen and oxygen atoms in total. The molecule has 0 aliphatic rings. The molecule has 0 amide bonds. The highest BCUT2D eigenvalue weighted by Crippen LogP contribution is 2.19. The van der Waals surface area contributed by atoms with Gasteiger partial charge in [-0.1, -0.05) is 18.2 Å². The van der Waals surface area contributed by atoms with E-state index in [2.05, 4.69) is 4.98 Å². The SMILES string of the molecule is NCCCCC(=O)c1cccc2ccncc12. The first-order valence-corrected chi connectivity index (χ1v) is 5.89. The molecule has 2 aromatic rings. The standard InChI is InChI=1S/C14H16N2O/c15-8-2-1-6-14(17)12-5-3-4-11-7-9-16-10-13(11)12/h3-5,7,9-10H,1-2,6,8,15H2. The zero-order chi connectivity index (χ0) is 12.1. The quantitative estimate of drug-likeness (QED) is 0.632. The number of fused-ring (bicyclic) bond motifs is 1. The molecule has 0 radical (unpaired) electrons. The molecule has 1 aromatic heterocycles. The highest BCUT2D eigenvalue weighted by molar-refractivity contribution is 6.07. The summed E-state index contributed by atoms with van der Waals surface area (Å²) < 4.78 is 0. The van der Waals surface area contributed by atoms with E-state index in [0.29, 0.717) is 13.0 Å².